The van der Waals surface area contributed by atoms with E-state index in [0.717, 1.165) is 30.1 Å². The van der Waals surface area contributed by atoms with Gasteiger partial charge in [-0.2, -0.15) is 0 Å². The fourth-order valence-corrected chi connectivity index (χ4v) is 2.02. The summed E-state index contributed by atoms with van der Waals surface area (Å²) in [6.45, 7) is 4.86. The number of pyridine rings is 1. The van der Waals surface area contributed by atoms with E-state index >= 15 is 0 Å². The SMILES string of the molecule is COCCNCc1cc(C)ccc1OCc1ccccn1. The van der Waals surface area contributed by atoms with Crippen molar-refractivity contribution < 1.29 is 9.47 Å². The Hall–Kier alpha value is -1.91. The molecule has 4 heteroatoms. The number of hydrogen-bond donors (Lipinski definition) is 1. The van der Waals surface area contributed by atoms with E-state index in [0.29, 0.717) is 13.2 Å². The first kappa shape index (κ1) is 15.5. The molecule has 0 fully saturated rings. The van der Waals surface area contributed by atoms with Crippen molar-refractivity contribution in [2.24, 2.45) is 0 Å². The van der Waals surface area contributed by atoms with Gasteiger partial charge in [0.05, 0.1) is 12.3 Å². The predicted molar refractivity (Wildman–Crippen MR) is 83.3 cm³/mol. The number of nitrogens with zero attached hydrogens (tertiary/aromatic N) is 1. The molecular weight excluding hydrogens is 264 g/mol. The maximum atomic E-state index is 5.90. The van der Waals surface area contributed by atoms with Crippen LogP contribution in [-0.4, -0.2) is 25.2 Å². The van der Waals surface area contributed by atoms with Crippen LogP contribution in [0.15, 0.2) is 42.6 Å². The Bertz CT molecular complexity index is 544. The van der Waals surface area contributed by atoms with Crippen LogP contribution in [-0.2, 0) is 17.9 Å². The van der Waals surface area contributed by atoms with E-state index in [1.54, 1.807) is 13.3 Å². The smallest absolute Gasteiger partial charge is 0.130 e. The molecule has 0 saturated heterocycles. The normalized spacial score (nSPS) is 10.6. The van der Waals surface area contributed by atoms with Crippen molar-refractivity contribution in [2.75, 3.05) is 20.3 Å². The first-order chi connectivity index (χ1) is 10.3. The Labute approximate surface area is 126 Å². The van der Waals surface area contributed by atoms with E-state index in [1.165, 1.54) is 5.56 Å². The lowest BCUT2D eigenvalue weighted by Crippen LogP contribution is -2.19. The van der Waals surface area contributed by atoms with Crippen LogP contribution in [0.2, 0.25) is 0 Å². The number of benzene rings is 1. The van der Waals surface area contributed by atoms with Gasteiger partial charge in [-0.05, 0) is 25.1 Å². The second-order valence-electron chi connectivity index (χ2n) is 4.89. The summed E-state index contributed by atoms with van der Waals surface area (Å²) in [5, 5.41) is 3.35. The Morgan fingerprint density at radius 2 is 2.10 bits per heavy atom. The topological polar surface area (TPSA) is 43.4 Å². The highest BCUT2D eigenvalue weighted by molar-refractivity contribution is 5.37. The molecule has 4 nitrogen and oxygen atoms in total. The van der Waals surface area contributed by atoms with Crippen LogP contribution >= 0.6 is 0 Å². The molecule has 0 radical (unpaired) electrons. The maximum absolute atomic E-state index is 5.90. The monoisotopic (exact) mass is 286 g/mol. The van der Waals surface area contributed by atoms with E-state index in [4.69, 9.17) is 9.47 Å². The number of rotatable bonds is 8. The van der Waals surface area contributed by atoms with Crippen molar-refractivity contribution in [2.45, 2.75) is 20.1 Å². The molecular formula is C17H22N2O2. The zero-order chi connectivity index (χ0) is 14.9. The van der Waals surface area contributed by atoms with Crippen LogP contribution in [0.25, 0.3) is 0 Å². The summed E-state index contributed by atoms with van der Waals surface area (Å²) in [5.41, 5.74) is 3.31. The minimum absolute atomic E-state index is 0.481. The van der Waals surface area contributed by atoms with Crippen LogP contribution in [0.3, 0.4) is 0 Å². The molecule has 2 aromatic rings. The summed E-state index contributed by atoms with van der Waals surface area (Å²) in [6, 6.07) is 12.1. The molecule has 2 rings (SSSR count). The van der Waals surface area contributed by atoms with Gasteiger partial charge in [0.25, 0.3) is 0 Å². The van der Waals surface area contributed by atoms with Crippen LogP contribution in [0, 0.1) is 6.92 Å². The molecule has 0 unspecified atom stereocenters. The molecule has 0 amide bonds. The largest absolute Gasteiger partial charge is 0.487 e. The maximum Gasteiger partial charge on any atom is 0.130 e. The molecule has 112 valence electrons. The van der Waals surface area contributed by atoms with Crippen LogP contribution in [0.1, 0.15) is 16.8 Å². The summed E-state index contributed by atoms with van der Waals surface area (Å²) in [5.74, 6) is 0.899. The minimum Gasteiger partial charge on any atom is -0.487 e. The summed E-state index contributed by atoms with van der Waals surface area (Å²) in [7, 11) is 1.70. The summed E-state index contributed by atoms with van der Waals surface area (Å²) < 4.78 is 10.9. The van der Waals surface area contributed by atoms with Gasteiger partial charge in [-0.1, -0.05) is 23.8 Å². The number of nitrogens with one attached hydrogen (secondary N) is 1. The van der Waals surface area contributed by atoms with Crippen molar-refractivity contribution in [3.63, 3.8) is 0 Å². The zero-order valence-corrected chi connectivity index (χ0v) is 12.6. The van der Waals surface area contributed by atoms with Gasteiger partial charge in [0.1, 0.15) is 12.4 Å². The van der Waals surface area contributed by atoms with E-state index in [9.17, 15) is 0 Å². The van der Waals surface area contributed by atoms with Gasteiger partial charge in [-0.15, -0.1) is 0 Å². The van der Waals surface area contributed by atoms with Gasteiger partial charge in [-0.3, -0.25) is 4.98 Å². The lowest BCUT2D eigenvalue weighted by Gasteiger charge is -2.13. The van der Waals surface area contributed by atoms with E-state index in [-0.39, 0.29) is 0 Å². The Kier molecular flexibility index (Phi) is 6.19. The standard InChI is InChI=1S/C17H22N2O2/c1-14-6-7-17(15(11-14)12-18-9-10-20-2)21-13-16-5-3-4-8-19-16/h3-8,11,18H,9-10,12-13H2,1-2H3. The highest BCUT2D eigenvalue weighted by Crippen LogP contribution is 2.21. The molecule has 0 spiro atoms. The third-order valence-electron chi connectivity index (χ3n) is 3.12. The molecule has 1 heterocycles. The lowest BCUT2D eigenvalue weighted by molar-refractivity contribution is 0.199. The molecule has 1 aromatic carbocycles. The minimum atomic E-state index is 0.481. The Balaban J connectivity index is 1.97. The van der Waals surface area contributed by atoms with Gasteiger partial charge < -0.3 is 14.8 Å². The zero-order valence-electron chi connectivity index (χ0n) is 12.6. The van der Waals surface area contributed by atoms with Crippen LogP contribution < -0.4 is 10.1 Å². The van der Waals surface area contributed by atoms with Crippen molar-refractivity contribution in [1.82, 2.24) is 10.3 Å². The molecule has 0 bridgehead atoms. The molecule has 0 aliphatic heterocycles. The first-order valence-electron chi connectivity index (χ1n) is 7.11. The van der Waals surface area contributed by atoms with E-state index < -0.39 is 0 Å². The Morgan fingerprint density at radius 1 is 1.19 bits per heavy atom. The van der Waals surface area contributed by atoms with Gasteiger partial charge in [0.2, 0.25) is 0 Å². The van der Waals surface area contributed by atoms with Crippen molar-refractivity contribution in [3.8, 4) is 5.75 Å². The van der Waals surface area contributed by atoms with Gasteiger partial charge >= 0.3 is 0 Å². The number of aryl methyl sites for hydroxylation is 1. The lowest BCUT2D eigenvalue weighted by atomic mass is 10.1. The third-order valence-corrected chi connectivity index (χ3v) is 3.12. The van der Waals surface area contributed by atoms with E-state index in [1.807, 2.05) is 24.3 Å². The molecule has 0 saturated carbocycles. The van der Waals surface area contributed by atoms with Crippen molar-refractivity contribution in [1.29, 1.82) is 0 Å². The fourth-order valence-electron chi connectivity index (χ4n) is 2.02. The number of methoxy groups -OCH3 is 1. The van der Waals surface area contributed by atoms with Gasteiger partial charge in [0.15, 0.2) is 0 Å². The molecule has 0 aliphatic carbocycles. The molecule has 1 N–H and O–H groups in total. The highest BCUT2D eigenvalue weighted by atomic mass is 16.5. The number of hydrogen-bond acceptors (Lipinski definition) is 4. The molecule has 0 aliphatic rings. The summed E-state index contributed by atoms with van der Waals surface area (Å²) in [4.78, 5) is 4.27. The van der Waals surface area contributed by atoms with Crippen molar-refractivity contribution in [3.05, 3.63) is 59.4 Å². The predicted octanol–water partition coefficient (Wildman–Crippen LogP) is 2.71. The van der Waals surface area contributed by atoms with Gasteiger partial charge in [-0.25, -0.2) is 0 Å². The van der Waals surface area contributed by atoms with Crippen LogP contribution in [0.4, 0.5) is 0 Å². The van der Waals surface area contributed by atoms with Gasteiger partial charge in [0, 0.05) is 32.0 Å². The molecule has 1 aromatic heterocycles. The molecule has 0 atom stereocenters. The second kappa shape index (κ2) is 8.39. The highest BCUT2D eigenvalue weighted by Gasteiger charge is 2.05. The molecule has 21 heavy (non-hydrogen) atoms. The average molecular weight is 286 g/mol. The van der Waals surface area contributed by atoms with Crippen molar-refractivity contribution >= 4 is 0 Å². The first-order valence-corrected chi connectivity index (χ1v) is 7.11. The Morgan fingerprint density at radius 3 is 2.86 bits per heavy atom. The fraction of sp³-hybridized carbons (Fsp3) is 0.353. The quantitative estimate of drug-likeness (QED) is 0.758. The second-order valence-corrected chi connectivity index (χ2v) is 4.89. The van der Waals surface area contributed by atoms with E-state index in [2.05, 4.69) is 29.4 Å². The summed E-state index contributed by atoms with van der Waals surface area (Å²) >= 11 is 0. The van der Waals surface area contributed by atoms with Crippen LogP contribution in [0.5, 0.6) is 5.75 Å². The summed E-state index contributed by atoms with van der Waals surface area (Å²) in [6.07, 6.45) is 1.78. The average Bonchev–Trinajstić information content (AvgIpc) is 2.52. The number of ether oxygens (including phenoxy) is 2. The number of aromatic nitrogens is 1. The third kappa shape index (κ3) is 5.17.